The Balaban J connectivity index is 3.54. The van der Waals surface area contributed by atoms with Crippen molar-refractivity contribution >= 4 is 17.7 Å². The Morgan fingerprint density at radius 1 is 1.53 bits per heavy atom. The van der Waals surface area contributed by atoms with Crippen molar-refractivity contribution in [1.29, 1.82) is 0 Å². The molecule has 1 aromatic carbocycles. The number of nitroso groups, excluding NO2 is 1. The number of nitro groups is 1. The Morgan fingerprint density at radius 3 is 2.60 bits per heavy atom. The van der Waals surface area contributed by atoms with Gasteiger partial charge in [0.25, 0.3) is 0 Å². The summed E-state index contributed by atoms with van der Waals surface area (Å²) in [5.74, 6) is -0.306. The van der Waals surface area contributed by atoms with E-state index in [4.69, 9.17) is 0 Å². The third-order valence-electron chi connectivity index (χ3n) is 1.76. The molecule has 0 N–H and O–H groups in total. The summed E-state index contributed by atoms with van der Waals surface area (Å²) in [5, 5.41) is 13.1. The van der Waals surface area contributed by atoms with Crippen molar-refractivity contribution in [2.75, 3.05) is 7.11 Å². The number of carbonyl (C=O) groups is 1. The van der Waals surface area contributed by atoms with Gasteiger partial charge in [-0.15, -0.1) is 4.91 Å². The van der Waals surface area contributed by atoms with E-state index in [9.17, 15) is 19.8 Å². The highest BCUT2D eigenvalue weighted by Gasteiger charge is 2.22. The molecular weight excluding hydrogens is 204 g/mol. The molecule has 0 aliphatic rings. The van der Waals surface area contributed by atoms with Crippen LogP contribution in [0.4, 0.5) is 11.4 Å². The molecule has 15 heavy (non-hydrogen) atoms. The summed E-state index contributed by atoms with van der Waals surface area (Å²) in [4.78, 5) is 30.8. The van der Waals surface area contributed by atoms with E-state index < -0.39 is 10.6 Å². The Hall–Kier alpha value is -2.31. The molecule has 0 saturated heterocycles. The van der Waals surface area contributed by atoms with Crippen molar-refractivity contribution in [3.8, 4) is 5.75 Å². The van der Waals surface area contributed by atoms with Crippen molar-refractivity contribution < 1.29 is 14.5 Å². The number of rotatable bonds is 4. The van der Waals surface area contributed by atoms with Crippen LogP contribution >= 0.6 is 0 Å². The minimum Gasteiger partial charge on any atom is -0.489 e. The fourth-order valence-corrected chi connectivity index (χ4v) is 1.11. The third-order valence-corrected chi connectivity index (χ3v) is 1.76. The van der Waals surface area contributed by atoms with Gasteiger partial charge >= 0.3 is 5.69 Å². The van der Waals surface area contributed by atoms with E-state index in [1.165, 1.54) is 0 Å². The van der Waals surface area contributed by atoms with Crippen LogP contribution in [0.15, 0.2) is 17.3 Å². The molecule has 1 aromatic rings. The SMILES string of the molecule is COc1c([N+](=O)[O-])ccc(C=O)c1N=O. The first-order chi connectivity index (χ1) is 7.15. The van der Waals surface area contributed by atoms with Crippen molar-refractivity contribution in [3.05, 3.63) is 32.7 Å². The van der Waals surface area contributed by atoms with Gasteiger partial charge in [0, 0.05) is 11.6 Å². The van der Waals surface area contributed by atoms with Crippen LogP contribution in [0.1, 0.15) is 10.4 Å². The topological polar surface area (TPSA) is 98.9 Å². The number of nitro benzene ring substituents is 1. The molecule has 0 aromatic heterocycles. The van der Waals surface area contributed by atoms with Gasteiger partial charge in [0.1, 0.15) is 0 Å². The molecule has 7 heteroatoms. The summed E-state index contributed by atoms with van der Waals surface area (Å²) < 4.78 is 4.68. The maximum Gasteiger partial charge on any atom is 0.313 e. The van der Waals surface area contributed by atoms with Gasteiger partial charge < -0.3 is 4.74 Å². The number of nitrogens with zero attached hydrogens (tertiary/aromatic N) is 2. The molecule has 78 valence electrons. The average molecular weight is 210 g/mol. The second-order valence-corrected chi connectivity index (χ2v) is 2.52. The summed E-state index contributed by atoms with van der Waals surface area (Å²) in [6.45, 7) is 0. The molecule has 0 amide bonds. The largest absolute Gasteiger partial charge is 0.489 e. The zero-order valence-corrected chi connectivity index (χ0v) is 7.67. The lowest BCUT2D eigenvalue weighted by Crippen LogP contribution is -1.95. The lowest BCUT2D eigenvalue weighted by Gasteiger charge is -2.04. The predicted molar refractivity (Wildman–Crippen MR) is 50.5 cm³/mol. The third kappa shape index (κ3) is 1.80. The fraction of sp³-hybridized carbons (Fsp3) is 0.125. The van der Waals surface area contributed by atoms with Crippen LogP contribution in [0.5, 0.6) is 5.75 Å². The molecule has 0 radical (unpaired) electrons. The zero-order chi connectivity index (χ0) is 11.4. The monoisotopic (exact) mass is 210 g/mol. The van der Waals surface area contributed by atoms with Crippen LogP contribution in [-0.2, 0) is 0 Å². The summed E-state index contributed by atoms with van der Waals surface area (Å²) in [7, 11) is 1.16. The Morgan fingerprint density at radius 2 is 2.20 bits per heavy atom. The number of hydrogen-bond acceptors (Lipinski definition) is 6. The summed E-state index contributed by atoms with van der Waals surface area (Å²) in [5.41, 5.74) is -0.813. The molecule has 7 nitrogen and oxygen atoms in total. The van der Waals surface area contributed by atoms with Crippen LogP contribution in [0.25, 0.3) is 0 Å². The van der Waals surface area contributed by atoms with Gasteiger partial charge in [-0.25, -0.2) is 0 Å². The van der Waals surface area contributed by atoms with E-state index in [0.29, 0.717) is 6.29 Å². The van der Waals surface area contributed by atoms with E-state index in [0.717, 1.165) is 19.2 Å². The fourth-order valence-electron chi connectivity index (χ4n) is 1.11. The first kappa shape index (κ1) is 10.8. The van der Waals surface area contributed by atoms with Crippen molar-refractivity contribution in [3.63, 3.8) is 0 Å². The Kier molecular flexibility index (Phi) is 3.06. The summed E-state index contributed by atoms with van der Waals surface area (Å²) in [6.07, 6.45) is 0.378. The first-order valence-corrected chi connectivity index (χ1v) is 3.79. The van der Waals surface area contributed by atoms with Gasteiger partial charge in [-0.3, -0.25) is 14.9 Å². The number of hydrogen-bond donors (Lipinski definition) is 0. The van der Waals surface area contributed by atoms with Crippen molar-refractivity contribution in [1.82, 2.24) is 0 Å². The standard InChI is InChI=1S/C8H6N2O5/c1-15-8-6(10(13)14)3-2-5(4-11)7(8)9-12/h2-4H,1H3. The van der Waals surface area contributed by atoms with E-state index in [2.05, 4.69) is 9.91 Å². The van der Waals surface area contributed by atoms with Gasteiger partial charge in [0.15, 0.2) is 12.0 Å². The van der Waals surface area contributed by atoms with Gasteiger partial charge in [-0.2, -0.15) is 0 Å². The molecule has 0 saturated carbocycles. The summed E-state index contributed by atoms with van der Waals surface area (Å²) >= 11 is 0. The van der Waals surface area contributed by atoms with Crippen LogP contribution in [0, 0.1) is 15.0 Å². The second-order valence-electron chi connectivity index (χ2n) is 2.52. The molecule has 0 aliphatic heterocycles. The molecule has 0 unspecified atom stereocenters. The number of methoxy groups -OCH3 is 1. The first-order valence-electron chi connectivity index (χ1n) is 3.79. The van der Waals surface area contributed by atoms with Gasteiger partial charge in [0.05, 0.1) is 12.0 Å². The van der Waals surface area contributed by atoms with Crippen LogP contribution in [-0.4, -0.2) is 18.3 Å². The molecule has 1 rings (SSSR count). The second kappa shape index (κ2) is 4.27. The van der Waals surface area contributed by atoms with Crippen LogP contribution in [0.2, 0.25) is 0 Å². The minimum absolute atomic E-state index is 0.0487. The molecule has 0 heterocycles. The lowest BCUT2D eigenvalue weighted by atomic mass is 10.1. The van der Waals surface area contributed by atoms with E-state index in [1.807, 2.05) is 0 Å². The lowest BCUT2D eigenvalue weighted by molar-refractivity contribution is -0.385. The van der Waals surface area contributed by atoms with Crippen molar-refractivity contribution in [2.24, 2.45) is 5.18 Å². The smallest absolute Gasteiger partial charge is 0.313 e. The highest BCUT2D eigenvalue weighted by Crippen LogP contribution is 2.38. The quantitative estimate of drug-likeness (QED) is 0.326. The normalized spacial score (nSPS) is 9.40. The number of aldehydes is 1. The van der Waals surface area contributed by atoms with Gasteiger partial charge in [-0.05, 0) is 11.2 Å². The molecule has 0 spiro atoms. The number of ether oxygens (including phenoxy) is 1. The van der Waals surface area contributed by atoms with E-state index >= 15 is 0 Å². The van der Waals surface area contributed by atoms with Gasteiger partial charge in [-0.1, -0.05) is 0 Å². The molecule has 0 fully saturated rings. The predicted octanol–water partition coefficient (Wildman–Crippen LogP) is 1.81. The van der Waals surface area contributed by atoms with Crippen molar-refractivity contribution in [2.45, 2.75) is 0 Å². The number of benzene rings is 1. The molecule has 0 bridgehead atoms. The average Bonchev–Trinajstić information content (AvgIpc) is 2.26. The highest BCUT2D eigenvalue weighted by molar-refractivity contribution is 5.87. The van der Waals surface area contributed by atoms with Gasteiger partial charge in [0.2, 0.25) is 5.75 Å². The highest BCUT2D eigenvalue weighted by atomic mass is 16.6. The Bertz CT molecular complexity index is 429. The zero-order valence-electron chi connectivity index (χ0n) is 7.67. The van der Waals surface area contributed by atoms with Crippen LogP contribution < -0.4 is 4.74 Å². The van der Waals surface area contributed by atoms with E-state index in [1.54, 1.807) is 0 Å². The Labute approximate surface area is 83.8 Å². The summed E-state index contributed by atoms with van der Waals surface area (Å²) in [6, 6.07) is 2.22. The maximum atomic E-state index is 10.5. The molecular formula is C8H6N2O5. The maximum absolute atomic E-state index is 10.5. The number of carbonyl (C=O) groups excluding carboxylic acids is 1. The minimum atomic E-state index is -0.720. The molecule has 0 atom stereocenters. The van der Waals surface area contributed by atoms with E-state index in [-0.39, 0.29) is 17.0 Å². The van der Waals surface area contributed by atoms with Crippen LogP contribution in [0.3, 0.4) is 0 Å². The molecule has 0 aliphatic carbocycles.